The van der Waals surface area contributed by atoms with Crippen LogP contribution in [0.25, 0.3) is 5.69 Å². The number of carbonyl (C=O) groups excluding carboxylic acids is 1. The van der Waals surface area contributed by atoms with Crippen molar-refractivity contribution in [3.05, 3.63) is 70.4 Å². The molecule has 2 aromatic carbocycles. The Bertz CT molecular complexity index is 1080. The second kappa shape index (κ2) is 8.44. The molecule has 1 aromatic heterocycles. The first-order chi connectivity index (χ1) is 14.6. The number of amides is 1. The predicted molar refractivity (Wildman–Crippen MR) is 112 cm³/mol. The monoisotopic (exact) mass is 408 g/mol. The largest absolute Gasteiger partial charge is 0.493 e. The van der Waals surface area contributed by atoms with Gasteiger partial charge in [-0.05, 0) is 37.1 Å². The molecule has 1 fully saturated rings. The molecule has 0 bridgehead atoms. The van der Waals surface area contributed by atoms with Crippen LogP contribution < -0.4 is 15.2 Å². The summed E-state index contributed by atoms with van der Waals surface area (Å²) in [6.45, 7) is 1.14. The topological polar surface area (TPSA) is 89.5 Å². The minimum Gasteiger partial charge on any atom is -0.493 e. The molecule has 2 heterocycles. The van der Waals surface area contributed by atoms with Gasteiger partial charge in [0.25, 0.3) is 5.91 Å². The third-order valence-corrected chi connectivity index (χ3v) is 5.49. The Kier molecular flexibility index (Phi) is 5.56. The van der Waals surface area contributed by atoms with Crippen molar-refractivity contribution in [3.63, 3.8) is 0 Å². The zero-order valence-electron chi connectivity index (χ0n) is 17.0. The van der Waals surface area contributed by atoms with E-state index in [4.69, 9.17) is 9.47 Å². The van der Waals surface area contributed by atoms with E-state index in [-0.39, 0.29) is 17.5 Å². The summed E-state index contributed by atoms with van der Waals surface area (Å²) in [5, 5.41) is 6.85. The van der Waals surface area contributed by atoms with Crippen LogP contribution >= 0.6 is 0 Å². The number of rotatable bonds is 5. The fourth-order valence-corrected chi connectivity index (χ4v) is 3.98. The summed E-state index contributed by atoms with van der Waals surface area (Å²) < 4.78 is 12.3. The smallest absolute Gasteiger partial charge is 0.347 e. The Morgan fingerprint density at radius 1 is 1.03 bits per heavy atom. The lowest BCUT2D eigenvalue weighted by Crippen LogP contribution is -2.38. The molecule has 1 N–H and O–H groups in total. The number of aromatic amines is 1. The summed E-state index contributed by atoms with van der Waals surface area (Å²) in [4.78, 5) is 27.2. The van der Waals surface area contributed by atoms with Gasteiger partial charge in [0.05, 0.1) is 25.5 Å². The van der Waals surface area contributed by atoms with Crippen LogP contribution in [0.3, 0.4) is 0 Å². The minimum atomic E-state index is -0.254. The van der Waals surface area contributed by atoms with Crippen molar-refractivity contribution in [2.75, 3.05) is 27.3 Å². The Morgan fingerprint density at radius 2 is 1.77 bits per heavy atom. The molecule has 1 saturated heterocycles. The molecule has 1 aliphatic rings. The van der Waals surface area contributed by atoms with E-state index in [0.29, 0.717) is 36.0 Å². The van der Waals surface area contributed by atoms with E-state index in [2.05, 4.69) is 10.2 Å². The quantitative estimate of drug-likeness (QED) is 0.701. The first kappa shape index (κ1) is 19.8. The number of H-pyrrole nitrogens is 1. The maximum Gasteiger partial charge on any atom is 0.347 e. The summed E-state index contributed by atoms with van der Waals surface area (Å²) >= 11 is 0. The van der Waals surface area contributed by atoms with Crippen LogP contribution in [0.1, 0.15) is 34.9 Å². The lowest BCUT2D eigenvalue weighted by Gasteiger charge is -2.32. The maximum atomic E-state index is 13.1. The number of benzene rings is 2. The van der Waals surface area contributed by atoms with Gasteiger partial charge in [0.2, 0.25) is 0 Å². The molecule has 1 amide bonds. The summed E-state index contributed by atoms with van der Waals surface area (Å²) in [6, 6.07) is 14.7. The average Bonchev–Trinajstić information content (AvgIpc) is 3.19. The highest BCUT2D eigenvalue weighted by molar-refractivity contribution is 5.97. The number of aromatic nitrogens is 3. The number of piperidine rings is 1. The molecule has 0 spiro atoms. The molecule has 8 nitrogen and oxygen atoms in total. The number of ether oxygens (including phenoxy) is 2. The van der Waals surface area contributed by atoms with E-state index in [1.54, 1.807) is 29.9 Å². The summed E-state index contributed by atoms with van der Waals surface area (Å²) in [5.41, 5.74) is 1.01. The molecule has 0 unspecified atom stereocenters. The molecule has 0 aliphatic carbocycles. The number of hydrogen-bond acceptors (Lipinski definition) is 5. The van der Waals surface area contributed by atoms with E-state index < -0.39 is 0 Å². The highest BCUT2D eigenvalue weighted by Crippen LogP contribution is 2.33. The molecule has 30 heavy (non-hydrogen) atoms. The van der Waals surface area contributed by atoms with Gasteiger partial charge in [-0.1, -0.05) is 24.3 Å². The van der Waals surface area contributed by atoms with Crippen LogP contribution in [0.2, 0.25) is 0 Å². The molecule has 4 rings (SSSR count). The maximum absolute atomic E-state index is 13.1. The Labute approximate surface area is 174 Å². The molecular weight excluding hydrogens is 384 g/mol. The number of methoxy groups -OCH3 is 2. The standard InChI is InChI=1S/C22H24N4O4/c1-29-18-10-6-9-17(19(18)30-2)21(27)25-13-11-15(12-14-25)20-23-24-22(28)26(20)16-7-4-3-5-8-16/h3-10,15H,11-14H2,1-2H3,(H,24,28). The van der Waals surface area contributed by atoms with Crippen molar-refractivity contribution >= 4 is 5.91 Å². The van der Waals surface area contributed by atoms with Crippen molar-refractivity contribution in [2.45, 2.75) is 18.8 Å². The lowest BCUT2D eigenvalue weighted by molar-refractivity contribution is 0.0706. The van der Waals surface area contributed by atoms with Crippen LogP contribution in [-0.4, -0.2) is 52.9 Å². The van der Waals surface area contributed by atoms with E-state index in [1.807, 2.05) is 35.2 Å². The van der Waals surface area contributed by atoms with Crippen LogP contribution in [-0.2, 0) is 0 Å². The number of para-hydroxylation sites is 2. The molecule has 0 radical (unpaired) electrons. The molecule has 156 valence electrons. The van der Waals surface area contributed by atoms with E-state index in [9.17, 15) is 9.59 Å². The highest BCUT2D eigenvalue weighted by atomic mass is 16.5. The van der Waals surface area contributed by atoms with Crippen molar-refractivity contribution in [1.29, 1.82) is 0 Å². The summed E-state index contributed by atoms with van der Waals surface area (Å²) in [5.74, 6) is 1.67. The number of hydrogen-bond donors (Lipinski definition) is 1. The van der Waals surface area contributed by atoms with Crippen molar-refractivity contribution in [3.8, 4) is 17.2 Å². The molecular formula is C22H24N4O4. The minimum absolute atomic E-state index is 0.0837. The molecule has 3 aromatic rings. The lowest BCUT2D eigenvalue weighted by atomic mass is 9.95. The van der Waals surface area contributed by atoms with Crippen molar-refractivity contribution in [2.24, 2.45) is 0 Å². The van der Waals surface area contributed by atoms with Gasteiger partial charge in [-0.3, -0.25) is 4.79 Å². The molecule has 0 atom stereocenters. The second-order valence-corrected chi connectivity index (χ2v) is 7.17. The summed E-state index contributed by atoms with van der Waals surface area (Å²) in [6.07, 6.45) is 1.43. The van der Waals surface area contributed by atoms with Gasteiger partial charge in [0.15, 0.2) is 11.5 Å². The SMILES string of the molecule is COc1cccc(C(=O)N2CCC(c3n[nH]c(=O)n3-c3ccccc3)CC2)c1OC. The van der Waals surface area contributed by atoms with Crippen molar-refractivity contribution < 1.29 is 14.3 Å². The second-order valence-electron chi connectivity index (χ2n) is 7.17. The van der Waals surface area contributed by atoms with Crippen LogP contribution in [0.5, 0.6) is 11.5 Å². The van der Waals surface area contributed by atoms with Gasteiger partial charge in [-0.2, -0.15) is 5.10 Å². The van der Waals surface area contributed by atoms with Crippen LogP contribution in [0, 0.1) is 0 Å². The predicted octanol–water partition coefficient (Wildman–Crippen LogP) is 2.60. The van der Waals surface area contributed by atoms with Crippen LogP contribution in [0.15, 0.2) is 53.3 Å². The Morgan fingerprint density at radius 3 is 2.43 bits per heavy atom. The van der Waals surface area contributed by atoms with E-state index in [0.717, 1.165) is 18.5 Å². The van der Waals surface area contributed by atoms with Crippen LogP contribution in [0.4, 0.5) is 0 Å². The zero-order chi connectivity index (χ0) is 21.1. The highest BCUT2D eigenvalue weighted by Gasteiger charge is 2.30. The number of nitrogens with one attached hydrogen (secondary N) is 1. The number of carbonyl (C=O) groups is 1. The van der Waals surface area contributed by atoms with Crippen molar-refractivity contribution in [1.82, 2.24) is 19.7 Å². The normalized spacial score (nSPS) is 14.5. The number of nitrogens with zero attached hydrogens (tertiary/aromatic N) is 3. The third kappa shape index (κ3) is 3.56. The Hall–Kier alpha value is -3.55. The molecule has 0 saturated carbocycles. The fourth-order valence-electron chi connectivity index (χ4n) is 3.98. The first-order valence-corrected chi connectivity index (χ1v) is 9.87. The van der Waals surface area contributed by atoms with E-state index >= 15 is 0 Å². The first-order valence-electron chi connectivity index (χ1n) is 9.87. The number of likely N-dealkylation sites (tertiary alicyclic amines) is 1. The third-order valence-electron chi connectivity index (χ3n) is 5.49. The van der Waals surface area contributed by atoms with Gasteiger partial charge in [-0.25, -0.2) is 14.5 Å². The Balaban J connectivity index is 1.52. The van der Waals surface area contributed by atoms with Gasteiger partial charge in [0, 0.05) is 19.0 Å². The average molecular weight is 408 g/mol. The molecule has 1 aliphatic heterocycles. The molecule has 8 heteroatoms. The van der Waals surface area contributed by atoms with E-state index in [1.165, 1.54) is 7.11 Å². The van der Waals surface area contributed by atoms with Gasteiger partial charge >= 0.3 is 5.69 Å². The zero-order valence-corrected chi connectivity index (χ0v) is 17.0. The van der Waals surface area contributed by atoms with Gasteiger partial charge < -0.3 is 14.4 Å². The van der Waals surface area contributed by atoms with Gasteiger partial charge in [-0.15, -0.1) is 0 Å². The van der Waals surface area contributed by atoms with Gasteiger partial charge in [0.1, 0.15) is 5.82 Å². The fraction of sp³-hybridized carbons (Fsp3) is 0.318. The summed E-state index contributed by atoms with van der Waals surface area (Å²) in [7, 11) is 3.08.